The number of pyridine rings is 1. The average molecular weight is 391 g/mol. The Bertz CT molecular complexity index is 908. The summed E-state index contributed by atoms with van der Waals surface area (Å²) in [4.78, 5) is 4.14. The second kappa shape index (κ2) is 7.65. The van der Waals surface area contributed by atoms with Crippen LogP contribution in [0.4, 0.5) is 5.69 Å². The molecule has 0 radical (unpaired) electrons. The van der Waals surface area contributed by atoms with E-state index >= 15 is 0 Å². The van der Waals surface area contributed by atoms with Crippen LogP contribution in [0, 0.1) is 0 Å². The highest BCUT2D eigenvalue weighted by molar-refractivity contribution is 6.76. The number of fused-ring (bicyclic) bond motifs is 1. The van der Waals surface area contributed by atoms with Crippen LogP contribution in [-0.2, 0) is 4.74 Å². The van der Waals surface area contributed by atoms with Crippen LogP contribution in [0.3, 0.4) is 0 Å². The maximum atomic E-state index is 6.07. The van der Waals surface area contributed by atoms with Gasteiger partial charge >= 0.3 is 0 Å². The van der Waals surface area contributed by atoms with Gasteiger partial charge in [-0.05, 0) is 24.2 Å². The molecule has 0 aliphatic heterocycles. The molecule has 8 heteroatoms. The van der Waals surface area contributed by atoms with E-state index in [1.165, 1.54) is 0 Å². The number of halogens is 1. The van der Waals surface area contributed by atoms with Crippen molar-refractivity contribution in [2.75, 3.05) is 19.1 Å². The van der Waals surface area contributed by atoms with Gasteiger partial charge in [0.15, 0.2) is 6.79 Å². The van der Waals surface area contributed by atoms with Crippen molar-refractivity contribution in [1.82, 2.24) is 14.8 Å². The van der Waals surface area contributed by atoms with Crippen molar-refractivity contribution in [3.05, 3.63) is 41.7 Å². The van der Waals surface area contributed by atoms with Crippen molar-refractivity contribution in [3.63, 3.8) is 0 Å². The zero-order valence-electron chi connectivity index (χ0n) is 15.2. The Balaban J connectivity index is 1.83. The predicted octanol–water partition coefficient (Wildman–Crippen LogP) is 4.35. The summed E-state index contributed by atoms with van der Waals surface area (Å²) in [5.41, 5.74) is 8.18. The molecule has 26 heavy (non-hydrogen) atoms. The molecule has 2 N–H and O–H groups in total. The predicted molar refractivity (Wildman–Crippen MR) is 108 cm³/mol. The van der Waals surface area contributed by atoms with Gasteiger partial charge in [-0.2, -0.15) is 0 Å². The Morgan fingerprint density at radius 2 is 2.04 bits per heavy atom. The van der Waals surface area contributed by atoms with Crippen molar-refractivity contribution >= 4 is 36.3 Å². The molecule has 3 aromatic rings. The lowest BCUT2D eigenvalue weighted by Gasteiger charge is -2.15. The molecule has 0 unspecified atom stereocenters. The highest BCUT2D eigenvalue weighted by Gasteiger charge is 2.15. The fourth-order valence-electron chi connectivity index (χ4n) is 2.45. The molecule has 0 amide bonds. The van der Waals surface area contributed by atoms with Crippen LogP contribution in [0.1, 0.15) is 0 Å². The summed E-state index contributed by atoms with van der Waals surface area (Å²) in [6.07, 6.45) is 1.66. The summed E-state index contributed by atoms with van der Waals surface area (Å²) in [6, 6.07) is 10.3. The van der Waals surface area contributed by atoms with E-state index in [-0.39, 0.29) is 6.79 Å². The van der Waals surface area contributed by atoms with E-state index in [9.17, 15) is 0 Å². The topological polar surface area (TPSA) is 75.2 Å². The highest BCUT2D eigenvalue weighted by Crippen LogP contribution is 2.29. The Hall–Kier alpha value is -2.09. The van der Waals surface area contributed by atoms with Gasteiger partial charge < -0.3 is 15.2 Å². The first-order valence-electron chi connectivity index (χ1n) is 8.44. The minimum atomic E-state index is -1.12. The van der Waals surface area contributed by atoms with Crippen molar-refractivity contribution in [3.8, 4) is 11.6 Å². The summed E-state index contributed by atoms with van der Waals surface area (Å²) in [5, 5.41) is 5.72. The summed E-state index contributed by atoms with van der Waals surface area (Å²) in [7, 11) is -1.12. The van der Waals surface area contributed by atoms with E-state index in [4.69, 9.17) is 26.8 Å². The van der Waals surface area contributed by atoms with Crippen LogP contribution >= 0.6 is 11.6 Å². The molecule has 6 nitrogen and oxygen atoms in total. The van der Waals surface area contributed by atoms with Gasteiger partial charge in [0.05, 0.1) is 16.6 Å². The van der Waals surface area contributed by atoms with E-state index in [2.05, 4.69) is 29.7 Å². The van der Waals surface area contributed by atoms with Crippen LogP contribution in [0.15, 0.2) is 36.5 Å². The number of ether oxygens (including phenoxy) is 2. The van der Waals surface area contributed by atoms with Crippen molar-refractivity contribution < 1.29 is 9.47 Å². The maximum Gasteiger partial charge on any atom is 0.244 e. The second-order valence-corrected chi connectivity index (χ2v) is 13.3. The first-order chi connectivity index (χ1) is 12.3. The molecule has 0 aliphatic carbocycles. The molecular formula is C18H23ClN4O2Si. The van der Waals surface area contributed by atoms with E-state index in [0.717, 1.165) is 22.6 Å². The molecule has 0 spiro atoms. The van der Waals surface area contributed by atoms with Gasteiger partial charge in [-0.1, -0.05) is 37.3 Å². The number of benzene rings is 1. The number of rotatable bonds is 7. The van der Waals surface area contributed by atoms with Gasteiger partial charge in [0.25, 0.3) is 0 Å². The number of aromatic nitrogens is 3. The quantitative estimate of drug-likeness (QED) is 0.213. The van der Waals surface area contributed by atoms with Crippen LogP contribution in [-0.4, -0.2) is 36.2 Å². The fourth-order valence-corrected chi connectivity index (χ4v) is 3.36. The Labute approximate surface area is 158 Å². The highest BCUT2D eigenvalue weighted by atomic mass is 35.5. The molecule has 0 fully saturated rings. The molecule has 2 heterocycles. The zero-order valence-corrected chi connectivity index (χ0v) is 17.0. The molecule has 138 valence electrons. The Morgan fingerprint density at radius 1 is 1.23 bits per heavy atom. The SMILES string of the molecule is C[Si](C)(C)CCOCOc1nn(-c2cccc(N)c2)c2cc(Cl)ncc12. The third-order valence-corrected chi connectivity index (χ3v) is 5.80. The van der Waals surface area contributed by atoms with Gasteiger partial charge in [0, 0.05) is 32.6 Å². The van der Waals surface area contributed by atoms with E-state index in [0.29, 0.717) is 23.3 Å². The maximum absolute atomic E-state index is 6.07. The first kappa shape index (κ1) is 18.7. The average Bonchev–Trinajstić information content (AvgIpc) is 2.91. The molecule has 0 aliphatic rings. The van der Waals surface area contributed by atoms with Crippen LogP contribution in [0.25, 0.3) is 16.6 Å². The monoisotopic (exact) mass is 390 g/mol. The molecule has 3 rings (SSSR count). The Kier molecular flexibility index (Phi) is 5.50. The van der Waals surface area contributed by atoms with Gasteiger partial charge in [-0.3, -0.25) is 0 Å². The number of nitrogens with two attached hydrogens (primary N) is 1. The van der Waals surface area contributed by atoms with Crippen molar-refractivity contribution in [2.45, 2.75) is 25.7 Å². The molecule has 0 saturated heterocycles. The van der Waals surface area contributed by atoms with Gasteiger partial charge in [-0.25, -0.2) is 9.67 Å². The molecule has 1 aromatic carbocycles. The molecule has 2 aromatic heterocycles. The minimum Gasteiger partial charge on any atom is -0.449 e. The molecular weight excluding hydrogens is 368 g/mol. The number of hydrogen-bond acceptors (Lipinski definition) is 5. The smallest absolute Gasteiger partial charge is 0.244 e. The number of hydrogen-bond donors (Lipinski definition) is 1. The van der Waals surface area contributed by atoms with Crippen LogP contribution in [0.2, 0.25) is 30.8 Å². The zero-order chi connectivity index (χ0) is 18.7. The summed E-state index contributed by atoms with van der Waals surface area (Å²) in [6.45, 7) is 7.78. The van der Waals surface area contributed by atoms with Crippen molar-refractivity contribution in [2.24, 2.45) is 0 Å². The second-order valence-electron chi connectivity index (χ2n) is 7.32. The summed E-state index contributed by atoms with van der Waals surface area (Å²) < 4.78 is 13.1. The largest absolute Gasteiger partial charge is 0.449 e. The van der Waals surface area contributed by atoms with E-state index in [1.807, 2.05) is 24.3 Å². The first-order valence-corrected chi connectivity index (χ1v) is 12.5. The third kappa shape index (κ3) is 4.54. The molecule has 0 bridgehead atoms. The molecule has 0 saturated carbocycles. The summed E-state index contributed by atoms with van der Waals surface area (Å²) in [5.74, 6) is 0.458. The minimum absolute atomic E-state index is 0.149. The van der Waals surface area contributed by atoms with Crippen LogP contribution < -0.4 is 10.5 Å². The fraction of sp³-hybridized carbons (Fsp3) is 0.333. The van der Waals surface area contributed by atoms with Crippen LogP contribution in [0.5, 0.6) is 5.88 Å². The molecule has 0 atom stereocenters. The standard InChI is InChI=1S/C18H23ClN4O2Si/c1-26(2,3)8-7-24-12-25-18-15-11-21-17(19)10-16(15)23(22-18)14-6-4-5-13(20)9-14/h4-6,9-11H,7-8,12,20H2,1-3H3. The lowest BCUT2D eigenvalue weighted by atomic mass is 10.2. The lowest BCUT2D eigenvalue weighted by molar-refractivity contribution is 0.0199. The Morgan fingerprint density at radius 3 is 2.77 bits per heavy atom. The number of nitrogens with zero attached hydrogens (tertiary/aromatic N) is 3. The van der Waals surface area contributed by atoms with E-state index < -0.39 is 8.07 Å². The van der Waals surface area contributed by atoms with Gasteiger partial charge in [0.2, 0.25) is 5.88 Å². The number of anilines is 1. The normalized spacial score (nSPS) is 11.8. The third-order valence-electron chi connectivity index (χ3n) is 3.89. The van der Waals surface area contributed by atoms with Gasteiger partial charge in [-0.15, -0.1) is 5.10 Å². The summed E-state index contributed by atoms with van der Waals surface area (Å²) >= 11 is 6.07. The van der Waals surface area contributed by atoms with Crippen molar-refractivity contribution in [1.29, 1.82) is 0 Å². The number of nitrogen functional groups attached to an aromatic ring is 1. The van der Waals surface area contributed by atoms with E-state index in [1.54, 1.807) is 16.9 Å². The lowest BCUT2D eigenvalue weighted by Crippen LogP contribution is -2.22. The van der Waals surface area contributed by atoms with Gasteiger partial charge in [0.1, 0.15) is 5.15 Å².